The topological polar surface area (TPSA) is 36.2 Å². The van der Waals surface area contributed by atoms with E-state index in [2.05, 4.69) is 10.3 Å². The molecule has 0 amide bonds. The molecule has 3 nitrogen and oxygen atoms in total. The number of ether oxygens (including phenoxy) is 1. The number of hydrogen-bond acceptors (Lipinski definition) is 2. The Kier molecular flexibility index (Phi) is 5.24. The molecule has 4 heteroatoms. The van der Waals surface area contributed by atoms with Gasteiger partial charge in [-0.1, -0.05) is 6.07 Å². The predicted octanol–water partition coefficient (Wildman–Crippen LogP) is 2.09. The van der Waals surface area contributed by atoms with Gasteiger partial charge < -0.3 is 10.1 Å². The molecule has 1 aliphatic rings. The van der Waals surface area contributed by atoms with Gasteiger partial charge in [-0.15, -0.1) is 13.1 Å². The average molecular weight is 428 g/mol. The first-order chi connectivity index (χ1) is 6.87. The smallest absolute Gasteiger partial charge is 0.106 e. The van der Waals surface area contributed by atoms with Crippen molar-refractivity contribution in [3.8, 4) is 0 Å². The Morgan fingerprint density at radius 3 is 2.60 bits per heavy atom. The first-order valence-corrected chi connectivity index (χ1v) is 4.97. The van der Waals surface area contributed by atoms with E-state index in [1.165, 1.54) is 0 Å². The summed E-state index contributed by atoms with van der Waals surface area (Å²) in [7, 11) is 1.76. The van der Waals surface area contributed by atoms with Gasteiger partial charge in [-0.2, -0.15) is 0 Å². The SMILES string of the molecule is COC1(c2ccccn2)CC[N-]CC1.[Np]. The molecular weight excluding hydrogens is 413 g/mol. The Balaban J connectivity index is 0.00000112. The molecule has 0 aromatic carbocycles. The van der Waals surface area contributed by atoms with E-state index in [0.29, 0.717) is 0 Å². The third-order valence-corrected chi connectivity index (χ3v) is 2.87. The number of rotatable bonds is 2. The van der Waals surface area contributed by atoms with Crippen molar-refractivity contribution in [2.24, 2.45) is 0 Å². The van der Waals surface area contributed by atoms with Gasteiger partial charge in [-0.05, 0) is 25.0 Å². The minimum absolute atomic E-state index is 0. The number of piperidine rings is 1. The van der Waals surface area contributed by atoms with Crippen LogP contribution in [-0.2, 0) is 10.3 Å². The van der Waals surface area contributed by atoms with Crippen LogP contribution in [0.5, 0.6) is 0 Å². The molecule has 81 valence electrons. The fourth-order valence-electron chi connectivity index (χ4n) is 1.95. The third-order valence-electron chi connectivity index (χ3n) is 2.87. The summed E-state index contributed by atoms with van der Waals surface area (Å²) in [5.74, 6) is 0. The first kappa shape index (κ1) is 13.1. The van der Waals surface area contributed by atoms with Crippen molar-refractivity contribution in [3.05, 3.63) is 35.4 Å². The molecule has 1 fully saturated rings. The van der Waals surface area contributed by atoms with Crippen LogP contribution >= 0.6 is 0 Å². The molecule has 1 aromatic rings. The number of methoxy groups -OCH3 is 1. The quantitative estimate of drug-likeness (QED) is 0.724. The summed E-state index contributed by atoms with van der Waals surface area (Å²) in [6.45, 7) is 1.76. The summed E-state index contributed by atoms with van der Waals surface area (Å²) in [5, 5.41) is 4.34. The van der Waals surface area contributed by atoms with E-state index in [9.17, 15) is 0 Å². The molecule has 0 aliphatic carbocycles. The maximum atomic E-state index is 5.64. The van der Waals surface area contributed by atoms with E-state index >= 15 is 0 Å². The molecule has 1 radical (unpaired) electrons. The van der Waals surface area contributed by atoms with Crippen LogP contribution in [0.2, 0.25) is 0 Å². The van der Waals surface area contributed by atoms with Gasteiger partial charge >= 0.3 is 0 Å². The zero-order chi connectivity index (χ0) is 9.86. The summed E-state index contributed by atoms with van der Waals surface area (Å²) in [4.78, 5) is 4.38. The molecule has 1 aliphatic heterocycles. The average Bonchev–Trinajstić information content (AvgIpc) is 2.31. The van der Waals surface area contributed by atoms with E-state index < -0.39 is 0 Å². The van der Waals surface area contributed by atoms with Crippen molar-refractivity contribution >= 4 is 0 Å². The van der Waals surface area contributed by atoms with Gasteiger partial charge in [0.25, 0.3) is 0 Å². The number of aromatic nitrogens is 1. The second-order valence-electron chi connectivity index (χ2n) is 3.58. The summed E-state index contributed by atoms with van der Waals surface area (Å²) in [6.07, 6.45) is 3.71. The van der Waals surface area contributed by atoms with Crippen LogP contribution in [0.3, 0.4) is 0 Å². The molecule has 0 atom stereocenters. The van der Waals surface area contributed by atoms with Crippen molar-refractivity contribution < 1.29 is 34.7 Å². The molecule has 0 bridgehead atoms. The predicted molar refractivity (Wildman–Crippen MR) is 55.3 cm³/mol. The van der Waals surface area contributed by atoms with Gasteiger partial charge in [0.1, 0.15) is 5.60 Å². The Morgan fingerprint density at radius 2 is 2.07 bits per heavy atom. The monoisotopic (exact) mass is 427 g/mol. The van der Waals surface area contributed by atoms with E-state index in [-0.39, 0.29) is 35.5 Å². The minimum Gasteiger partial charge on any atom is -0.662 e. The van der Waals surface area contributed by atoms with Crippen LogP contribution in [-0.4, -0.2) is 25.2 Å². The van der Waals surface area contributed by atoms with Gasteiger partial charge in [0.05, 0.1) is 5.69 Å². The zero-order valence-corrected chi connectivity index (χ0v) is 12.6. The van der Waals surface area contributed by atoms with Gasteiger partial charge in [0.15, 0.2) is 0 Å². The maximum absolute atomic E-state index is 5.64. The molecule has 15 heavy (non-hydrogen) atoms. The Labute approximate surface area is 113 Å². The van der Waals surface area contributed by atoms with Crippen LogP contribution in [0.4, 0.5) is 0 Å². The van der Waals surface area contributed by atoms with Crippen molar-refractivity contribution in [1.29, 1.82) is 0 Å². The molecule has 1 aromatic heterocycles. The molecule has 2 heterocycles. The van der Waals surface area contributed by atoms with E-state index in [1.807, 2.05) is 24.4 Å². The van der Waals surface area contributed by atoms with Crippen LogP contribution in [0, 0.1) is 29.9 Å². The van der Waals surface area contributed by atoms with Crippen LogP contribution in [0.1, 0.15) is 18.5 Å². The van der Waals surface area contributed by atoms with Gasteiger partial charge in [-0.3, -0.25) is 4.98 Å². The van der Waals surface area contributed by atoms with E-state index in [1.54, 1.807) is 7.11 Å². The standard InChI is InChI=1S/C11H15N2O.Np/c1-14-11(5-8-12-9-6-11)10-4-2-3-7-13-10;/h2-4,7H,5-6,8-9H2,1H3;/q-1;. The Morgan fingerprint density at radius 1 is 1.33 bits per heavy atom. The zero-order valence-electron chi connectivity index (χ0n) is 8.89. The fraction of sp³-hybridized carbons (Fsp3) is 0.545. The minimum atomic E-state index is -0.191. The summed E-state index contributed by atoms with van der Waals surface area (Å²) < 4.78 is 5.64. The van der Waals surface area contributed by atoms with Crippen molar-refractivity contribution in [2.45, 2.75) is 18.4 Å². The number of hydrogen-bond donors (Lipinski definition) is 0. The number of nitrogens with zero attached hydrogens (tertiary/aromatic N) is 2. The van der Waals surface area contributed by atoms with Crippen LogP contribution in [0.15, 0.2) is 24.4 Å². The summed E-state index contributed by atoms with van der Waals surface area (Å²) in [6, 6.07) is 5.98. The van der Waals surface area contributed by atoms with E-state index in [0.717, 1.165) is 31.6 Å². The molecule has 0 spiro atoms. The fourth-order valence-corrected chi connectivity index (χ4v) is 1.95. The molecule has 0 saturated carbocycles. The van der Waals surface area contributed by atoms with Crippen LogP contribution < -0.4 is 0 Å². The second-order valence-corrected chi connectivity index (χ2v) is 3.58. The Hall–Kier alpha value is 0.0830. The third kappa shape index (κ3) is 2.80. The van der Waals surface area contributed by atoms with Crippen LogP contribution in [0.25, 0.3) is 5.32 Å². The van der Waals surface area contributed by atoms with E-state index in [4.69, 9.17) is 4.74 Å². The molecule has 1 saturated heterocycles. The maximum Gasteiger partial charge on any atom is 0.106 e. The largest absolute Gasteiger partial charge is 0.662 e. The first-order valence-electron chi connectivity index (χ1n) is 4.97. The van der Waals surface area contributed by atoms with Crippen molar-refractivity contribution in [2.75, 3.05) is 20.2 Å². The molecule has 0 N–H and O–H groups in total. The summed E-state index contributed by atoms with van der Waals surface area (Å²) in [5.41, 5.74) is 0.848. The Bertz CT molecular complexity index is 286. The summed E-state index contributed by atoms with van der Waals surface area (Å²) >= 11 is 0. The van der Waals surface area contributed by atoms with Gasteiger partial charge in [0, 0.05) is 43.2 Å². The molecule has 0 unspecified atom stereocenters. The second kappa shape index (κ2) is 5.98. The van der Waals surface area contributed by atoms with Crippen molar-refractivity contribution in [1.82, 2.24) is 4.98 Å². The van der Waals surface area contributed by atoms with Gasteiger partial charge in [-0.25, -0.2) is 0 Å². The normalized spacial score (nSPS) is 19.3. The van der Waals surface area contributed by atoms with Gasteiger partial charge in [0.2, 0.25) is 0 Å². The number of pyridine rings is 1. The molecule has 2 rings (SSSR count). The van der Waals surface area contributed by atoms with Crippen molar-refractivity contribution in [3.63, 3.8) is 0 Å². The molecular formula is C11H15N2NpO-.